The second-order valence-corrected chi connectivity index (χ2v) is 5.32. The van der Waals surface area contributed by atoms with Crippen LogP contribution in [-0.2, 0) is 4.79 Å². The molecule has 4 nitrogen and oxygen atoms in total. The maximum atomic E-state index is 13.8. The Morgan fingerprint density at radius 2 is 2.05 bits per heavy atom. The Hall–Kier alpha value is -2.17. The number of halogens is 1. The van der Waals surface area contributed by atoms with Gasteiger partial charge in [-0.15, -0.1) is 0 Å². The number of hydrogen-bond acceptors (Lipinski definition) is 2. The number of carbonyl (C=O) groups is 2. The van der Waals surface area contributed by atoms with E-state index in [1.54, 1.807) is 11.9 Å². The lowest BCUT2D eigenvalue weighted by Gasteiger charge is -2.18. The molecule has 1 aromatic rings. The Labute approximate surface area is 123 Å². The minimum Gasteiger partial charge on any atom is -0.478 e. The molecule has 114 valence electrons. The van der Waals surface area contributed by atoms with Crippen LogP contribution in [0.15, 0.2) is 24.3 Å². The van der Waals surface area contributed by atoms with Crippen molar-refractivity contribution in [2.24, 2.45) is 5.92 Å². The second kappa shape index (κ2) is 7.57. The lowest BCUT2D eigenvalue weighted by atomic mass is 10.1. The fraction of sp³-hybridized carbons (Fsp3) is 0.375. The van der Waals surface area contributed by atoms with E-state index in [0.717, 1.165) is 24.6 Å². The molecule has 0 heterocycles. The van der Waals surface area contributed by atoms with Crippen LogP contribution in [-0.4, -0.2) is 35.5 Å². The summed E-state index contributed by atoms with van der Waals surface area (Å²) in [6.07, 6.45) is 2.90. The Morgan fingerprint density at radius 1 is 1.38 bits per heavy atom. The Kier molecular flexibility index (Phi) is 6.09. The largest absolute Gasteiger partial charge is 0.478 e. The molecule has 0 fully saturated rings. The molecule has 0 spiro atoms. The highest BCUT2D eigenvalue weighted by molar-refractivity contribution is 5.94. The highest BCUT2D eigenvalue weighted by Crippen LogP contribution is 2.14. The van der Waals surface area contributed by atoms with E-state index < -0.39 is 11.8 Å². The van der Waals surface area contributed by atoms with Gasteiger partial charge in [-0.25, -0.2) is 9.18 Å². The van der Waals surface area contributed by atoms with Gasteiger partial charge in [-0.2, -0.15) is 0 Å². The van der Waals surface area contributed by atoms with Crippen molar-refractivity contribution in [3.05, 3.63) is 41.2 Å². The zero-order valence-electron chi connectivity index (χ0n) is 12.5. The summed E-state index contributed by atoms with van der Waals surface area (Å²) in [4.78, 5) is 24.1. The average Bonchev–Trinajstić information content (AvgIpc) is 2.42. The van der Waals surface area contributed by atoms with E-state index in [9.17, 15) is 14.0 Å². The molecule has 0 saturated heterocycles. The maximum absolute atomic E-state index is 13.8. The summed E-state index contributed by atoms with van der Waals surface area (Å²) in [5.74, 6) is -1.53. The molecule has 5 heteroatoms. The first kappa shape index (κ1) is 16.9. The van der Waals surface area contributed by atoms with Crippen molar-refractivity contribution in [2.75, 3.05) is 13.6 Å². The summed E-state index contributed by atoms with van der Waals surface area (Å²) in [7, 11) is 1.68. The van der Waals surface area contributed by atoms with Crippen LogP contribution in [0, 0.1) is 11.7 Å². The molecule has 21 heavy (non-hydrogen) atoms. The lowest BCUT2D eigenvalue weighted by Crippen LogP contribution is -2.28. The Bertz CT molecular complexity index is 552. The van der Waals surface area contributed by atoms with Crippen molar-refractivity contribution in [1.29, 1.82) is 0 Å². The summed E-state index contributed by atoms with van der Waals surface area (Å²) in [5, 5.41) is 8.52. The van der Waals surface area contributed by atoms with Crippen molar-refractivity contribution in [3.8, 4) is 0 Å². The highest BCUT2D eigenvalue weighted by atomic mass is 19.1. The van der Waals surface area contributed by atoms with Crippen molar-refractivity contribution >= 4 is 18.0 Å². The molecular weight excluding hydrogens is 273 g/mol. The smallest absolute Gasteiger partial charge is 0.328 e. The van der Waals surface area contributed by atoms with Gasteiger partial charge in [-0.3, -0.25) is 4.79 Å². The standard InChI is InChI=1S/C16H20FNO3/c1-11(2)8-9-18(3)16(21)13-5-4-12(14(17)10-13)6-7-15(19)20/h4-7,10-11H,8-9H2,1-3H3,(H,19,20). The van der Waals surface area contributed by atoms with Gasteiger partial charge in [0.15, 0.2) is 0 Å². The number of nitrogens with zero attached hydrogens (tertiary/aromatic N) is 1. The highest BCUT2D eigenvalue weighted by Gasteiger charge is 2.13. The van der Waals surface area contributed by atoms with Crippen molar-refractivity contribution in [3.63, 3.8) is 0 Å². The molecule has 1 amide bonds. The number of carbonyl (C=O) groups excluding carboxylic acids is 1. The minimum atomic E-state index is -1.15. The normalized spacial score (nSPS) is 11.1. The van der Waals surface area contributed by atoms with Crippen LogP contribution in [0.2, 0.25) is 0 Å². The lowest BCUT2D eigenvalue weighted by molar-refractivity contribution is -0.131. The van der Waals surface area contributed by atoms with Crippen LogP contribution >= 0.6 is 0 Å². The molecule has 0 aliphatic carbocycles. The third-order valence-corrected chi connectivity index (χ3v) is 3.04. The molecule has 0 bridgehead atoms. The Balaban J connectivity index is 2.83. The third-order valence-electron chi connectivity index (χ3n) is 3.04. The quantitative estimate of drug-likeness (QED) is 0.820. The van der Waals surface area contributed by atoms with Gasteiger partial charge < -0.3 is 10.0 Å². The predicted molar refractivity (Wildman–Crippen MR) is 79.5 cm³/mol. The van der Waals surface area contributed by atoms with Gasteiger partial charge >= 0.3 is 5.97 Å². The van der Waals surface area contributed by atoms with Gasteiger partial charge in [0.2, 0.25) is 0 Å². The molecule has 1 rings (SSSR count). The molecule has 0 unspecified atom stereocenters. The van der Waals surface area contributed by atoms with Gasteiger partial charge in [-0.1, -0.05) is 19.9 Å². The summed E-state index contributed by atoms with van der Waals surface area (Å²) in [6.45, 7) is 4.75. The number of benzene rings is 1. The molecule has 0 saturated carbocycles. The molecule has 0 aliphatic heterocycles. The maximum Gasteiger partial charge on any atom is 0.328 e. The molecule has 0 atom stereocenters. The van der Waals surface area contributed by atoms with Crippen LogP contribution in [0.4, 0.5) is 4.39 Å². The SMILES string of the molecule is CC(C)CCN(C)C(=O)c1ccc(C=CC(=O)O)c(F)c1. The number of hydrogen-bond donors (Lipinski definition) is 1. The average molecular weight is 293 g/mol. The van der Waals surface area contributed by atoms with E-state index in [-0.39, 0.29) is 17.0 Å². The summed E-state index contributed by atoms with van der Waals surface area (Å²) < 4.78 is 13.8. The summed E-state index contributed by atoms with van der Waals surface area (Å²) in [5.41, 5.74) is 0.394. The van der Waals surface area contributed by atoms with Crippen LogP contribution in [0.25, 0.3) is 6.08 Å². The zero-order valence-corrected chi connectivity index (χ0v) is 12.5. The fourth-order valence-electron chi connectivity index (χ4n) is 1.73. The predicted octanol–water partition coefficient (Wildman–Crippen LogP) is 3.04. The summed E-state index contributed by atoms with van der Waals surface area (Å²) >= 11 is 0. The van der Waals surface area contributed by atoms with Gasteiger partial charge in [0, 0.05) is 30.8 Å². The van der Waals surface area contributed by atoms with E-state index in [1.165, 1.54) is 12.1 Å². The van der Waals surface area contributed by atoms with E-state index >= 15 is 0 Å². The fourth-order valence-corrected chi connectivity index (χ4v) is 1.73. The summed E-state index contributed by atoms with van der Waals surface area (Å²) in [6, 6.07) is 4.03. The van der Waals surface area contributed by atoms with Crippen LogP contribution < -0.4 is 0 Å². The van der Waals surface area contributed by atoms with Gasteiger partial charge in [0.1, 0.15) is 5.82 Å². The van der Waals surface area contributed by atoms with Crippen molar-refractivity contribution in [1.82, 2.24) is 4.90 Å². The Morgan fingerprint density at radius 3 is 2.57 bits per heavy atom. The number of rotatable bonds is 6. The second-order valence-electron chi connectivity index (χ2n) is 5.32. The van der Waals surface area contributed by atoms with E-state index in [4.69, 9.17) is 5.11 Å². The van der Waals surface area contributed by atoms with Gasteiger partial charge in [0.25, 0.3) is 5.91 Å². The first-order chi connectivity index (χ1) is 9.81. The topological polar surface area (TPSA) is 57.6 Å². The number of amides is 1. The van der Waals surface area contributed by atoms with Crippen LogP contribution in [0.1, 0.15) is 36.2 Å². The van der Waals surface area contributed by atoms with Gasteiger partial charge in [0.05, 0.1) is 0 Å². The van der Waals surface area contributed by atoms with Crippen molar-refractivity contribution in [2.45, 2.75) is 20.3 Å². The molecular formula is C16H20FNO3. The van der Waals surface area contributed by atoms with E-state index in [0.29, 0.717) is 12.5 Å². The van der Waals surface area contributed by atoms with E-state index in [1.807, 2.05) is 0 Å². The molecule has 0 aliphatic rings. The molecule has 1 N–H and O–H groups in total. The van der Waals surface area contributed by atoms with E-state index in [2.05, 4.69) is 13.8 Å². The van der Waals surface area contributed by atoms with Crippen molar-refractivity contribution < 1.29 is 19.1 Å². The molecule has 1 aromatic carbocycles. The number of carboxylic acid groups (broad SMARTS) is 1. The zero-order chi connectivity index (χ0) is 16.0. The van der Waals surface area contributed by atoms with Crippen LogP contribution in [0.3, 0.4) is 0 Å². The molecule has 0 aromatic heterocycles. The van der Waals surface area contributed by atoms with Gasteiger partial charge in [-0.05, 0) is 30.5 Å². The first-order valence-electron chi connectivity index (χ1n) is 6.77. The monoisotopic (exact) mass is 293 g/mol. The number of aliphatic carboxylic acids is 1. The minimum absolute atomic E-state index is 0.138. The third kappa shape index (κ3) is 5.38. The van der Waals surface area contributed by atoms with Crippen LogP contribution in [0.5, 0.6) is 0 Å². The molecule has 0 radical (unpaired) electrons. The first-order valence-corrected chi connectivity index (χ1v) is 6.77. The number of carboxylic acids is 1.